The largest absolute Gasteiger partial charge is 1.00 e. The molecule has 11 heteroatoms. The first-order valence-electron chi connectivity index (χ1n) is 12.7. The van der Waals surface area contributed by atoms with Crippen LogP contribution in [0.2, 0.25) is 10.0 Å². The molecule has 2 aromatic heterocycles. The van der Waals surface area contributed by atoms with Crippen LogP contribution in [0.25, 0.3) is 5.32 Å². The number of epoxide rings is 1. The van der Waals surface area contributed by atoms with Crippen molar-refractivity contribution in [3.8, 4) is 0 Å². The Morgan fingerprint density at radius 1 is 0.974 bits per heavy atom. The molecule has 3 aliphatic rings. The van der Waals surface area contributed by atoms with Gasteiger partial charge in [0, 0.05) is 31.2 Å². The van der Waals surface area contributed by atoms with Crippen LogP contribution in [0.15, 0.2) is 36.9 Å². The van der Waals surface area contributed by atoms with Gasteiger partial charge in [-0.2, -0.15) is 0 Å². The Balaban J connectivity index is 0.000000275. The standard InChI is InChI=1S/C11H11Cl2NO.C6H6ClN.C6H14N.C5H6Cl2O.Li/c12-9-6-14-4-1-8(9)5-11(7-15-11)10(13)2-3-10;1-5-2-3-8-4-6(5)7;1-5(2)7-6(3)4;6-3-4(8)5(7)1-2-5;/h1,4,6H,2-3,5,7H2;2-4H,1H3;5-6H,1-4H3;1-3H2;/q;;-1;;+1. The van der Waals surface area contributed by atoms with Gasteiger partial charge in [0.25, 0.3) is 0 Å². The molecule has 2 aliphatic carbocycles. The summed E-state index contributed by atoms with van der Waals surface area (Å²) in [6.07, 6.45) is 11.3. The molecule has 39 heavy (non-hydrogen) atoms. The quantitative estimate of drug-likeness (QED) is 0.227. The van der Waals surface area contributed by atoms with Gasteiger partial charge in [-0.3, -0.25) is 14.8 Å². The first-order chi connectivity index (χ1) is 17.8. The van der Waals surface area contributed by atoms with Crippen LogP contribution in [-0.4, -0.2) is 55.7 Å². The Kier molecular flexibility index (Phi) is 15.7. The maximum absolute atomic E-state index is 10.6. The number of halogens is 5. The number of rotatable bonds is 7. The van der Waals surface area contributed by atoms with E-state index in [0.29, 0.717) is 17.1 Å². The molecule has 1 atom stereocenters. The maximum atomic E-state index is 10.6. The predicted octanol–water partition coefficient (Wildman–Crippen LogP) is 5.61. The van der Waals surface area contributed by atoms with Gasteiger partial charge in [-0.15, -0.1) is 46.9 Å². The minimum Gasteiger partial charge on any atom is -0.658 e. The van der Waals surface area contributed by atoms with Crippen molar-refractivity contribution in [1.82, 2.24) is 9.97 Å². The molecule has 0 N–H and O–H groups in total. The first-order valence-corrected chi connectivity index (χ1v) is 14.8. The van der Waals surface area contributed by atoms with E-state index in [1.807, 2.05) is 19.1 Å². The summed E-state index contributed by atoms with van der Waals surface area (Å²) in [5, 5.41) is 5.71. The van der Waals surface area contributed by atoms with Gasteiger partial charge in [0.2, 0.25) is 0 Å². The van der Waals surface area contributed by atoms with Gasteiger partial charge in [0.05, 0.1) is 27.4 Å². The molecule has 0 spiro atoms. The minimum atomic E-state index is -0.540. The van der Waals surface area contributed by atoms with E-state index in [4.69, 9.17) is 62.7 Å². The van der Waals surface area contributed by atoms with Crippen molar-refractivity contribution in [2.24, 2.45) is 0 Å². The van der Waals surface area contributed by atoms with Gasteiger partial charge in [0.1, 0.15) is 10.5 Å². The van der Waals surface area contributed by atoms with Crippen LogP contribution in [0, 0.1) is 6.92 Å². The molecule has 1 unspecified atom stereocenters. The van der Waals surface area contributed by atoms with Crippen LogP contribution in [-0.2, 0) is 16.0 Å². The van der Waals surface area contributed by atoms with E-state index in [1.165, 1.54) is 0 Å². The van der Waals surface area contributed by atoms with Crippen molar-refractivity contribution in [2.45, 2.75) is 94.2 Å². The molecule has 0 aromatic carbocycles. The van der Waals surface area contributed by atoms with E-state index in [9.17, 15) is 4.79 Å². The van der Waals surface area contributed by atoms with Crippen molar-refractivity contribution in [3.05, 3.63) is 63.4 Å². The molecule has 0 amide bonds. The average Bonchev–Trinajstić information content (AvgIpc) is 3.75. The number of aryl methyl sites for hydroxylation is 1. The fraction of sp³-hybridized carbons (Fsp3) is 0.607. The fourth-order valence-electron chi connectivity index (χ4n) is 3.58. The van der Waals surface area contributed by atoms with Crippen LogP contribution < -0.4 is 18.9 Å². The number of aromatic nitrogens is 2. The fourth-order valence-corrected chi connectivity index (χ4v) is 4.64. The van der Waals surface area contributed by atoms with Gasteiger partial charge in [-0.1, -0.05) is 50.9 Å². The topological polar surface area (TPSA) is 69.5 Å². The molecule has 0 bridgehead atoms. The summed E-state index contributed by atoms with van der Waals surface area (Å²) in [7, 11) is 0. The molecule has 5 rings (SSSR count). The Morgan fingerprint density at radius 3 is 1.77 bits per heavy atom. The van der Waals surface area contributed by atoms with E-state index in [0.717, 1.165) is 54.9 Å². The van der Waals surface area contributed by atoms with Gasteiger partial charge in [-0.05, 0) is 55.9 Å². The number of carbonyl (C=O) groups excluding carboxylic acids is 1. The summed E-state index contributed by atoms with van der Waals surface area (Å²) in [6, 6.07) is 4.82. The summed E-state index contributed by atoms with van der Waals surface area (Å²) in [5.41, 5.74) is 2.00. The summed E-state index contributed by atoms with van der Waals surface area (Å²) in [5.74, 6) is 0.0320. The van der Waals surface area contributed by atoms with Crippen LogP contribution in [0.3, 0.4) is 0 Å². The van der Waals surface area contributed by atoms with Crippen LogP contribution >= 0.6 is 58.0 Å². The third-order valence-corrected chi connectivity index (χ3v) is 8.50. The smallest absolute Gasteiger partial charge is 0.658 e. The Morgan fingerprint density at radius 2 is 1.49 bits per heavy atom. The van der Waals surface area contributed by atoms with Crippen LogP contribution in [0.5, 0.6) is 0 Å². The number of nitrogens with zero attached hydrogens (tertiary/aromatic N) is 3. The SMILES string of the molecule is CC(C)[N-]C(C)C.Cc1ccncc1Cl.Clc1cnccc1CC1(C2(Cl)CC2)CO1.O=C(CCl)C1(Cl)CC1.[Li+]. The van der Waals surface area contributed by atoms with E-state index in [2.05, 4.69) is 43.0 Å². The maximum Gasteiger partial charge on any atom is 1.00 e. The van der Waals surface area contributed by atoms with Crippen LogP contribution in [0.1, 0.15) is 64.5 Å². The van der Waals surface area contributed by atoms with Gasteiger partial charge >= 0.3 is 18.9 Å². The molecule has 3 heterocycles. The first kappa shape index (κ1) is 37.0. The van der Waals surface area contributed by atoms with E-state index < -0.39 is 4.87 Å². The molecular weight excluding hydrogens is 595 g/mol. The minimum absolute atomic E-state index is 0. The second-order valence-corrected chi connectivity index (χ2v) is 12.9. The van der Waals surface area contributed by atoms with Crippen molar-refractivity contribution >= 4 is 63.8 Å². The van der Waals surface area contributed by atoms with Crippen molar-refractivity contribution in [2.75, 3.05) is 12.5 Å². The molecule has 1 saturated heterocycles. The van der Waals surface area contributed by atoms with Crippen LogP contribution in [0.4, 0.5) is 0 Å². The number of ketones is 1. The number of hydrogen-bond acceptors (Lipinski definition) is 4. The Hall–Kier alpha value is -0.0626. The number of hydrogen-bond donors (Lipinski definition) is 0. The normalized spacial score (nSPS) is 20.6. The number of ether oxygens (including phenoxy) is 1. The van der Waals surface area contributed by atoms with E-state index in [1.54, 1.807) is 24.8 Å². The van der Waals surface area contributed by atoms with E-state index in [-0.39, 0.29) is 41.0 Å². The van der Waals surface area contributed by atoms with Crippen molar-refractivity contribution in [1.29, 1.82) is 0 Å². The number of alkyl halides is 3. The van der Waals surface area contributed by atoms with Crippen molar-refractivity contribution in [3.63, 3.8) is 0 Å². The number of Topliss-reactive ketones (excluding diaryl/α,β-unsaturated/α-hetero) is 1. The summed E-state index contributed by atoms with van der Waals surface area (Å²) in [6.45, 7) is 11.1. The van der Waals surface area contributed by atoms with Gasteiger partial charge in [-0.25, -0.2) is 0 Å². The molecular formula is C28H37Cl5LiN3O2. The zero-order chi connectivity index (χ0) is 28.6. The van der Waals surface area contributed by atoms with Crippen molar-refractivity contribution < 1.29 is 28.4 Å². The average molecular weight is 632 g/mol. The Bertz CT molecular complexity index is 1020. The predicted molar refractivity (Wildman–Crippen MR) is 161 cm³/mol. The molecule has 3 fully saturated rings. The molecule has 0 radical (unpaired) electrons. The monoisotopic (exact) mass is 629 g/mol. The van der Waals surface area contributed by atoms with E-state index >= 15 is 0 Å². The summed E-state index contributed by atoms with van der Waals surface area (Å²) in [4.78, 5) is 17.7. The third kappa shape index (κ3) is 12.4. The second kappa shape index (κ2) is 16.5. The molecule has 1 aliphatic heterocycles. The molecule has 2 aromatic rings. The van der Waals surface area contributed by atoms with Gasteiger partial charge in [0.15, 0.2) is 5.78 Å². The summed E-state index contributed by atoms with van der Waals surface area (Å²) >= 11 is 29.0. The summed E-state index contributed by atoms with van der Waals surface area (Å²) < 4.78 is 5.57. The zero-order valence-corrected chi connectivity index (χ0v) is 27.4. The second-order valence-electron chi connectivity index (χ2n) is 10.4. The zero-order valence-electron chi connectivity index (χ0n) is 23.6. The molecule has 212 valence electrons. The molecule has 2 saturated carbocycles. The third-order valence-electron chi connectivity index (χ3n) is 6.21. The van der Waals surface area contributed by atoms with Gasteiger partial charge < -0.3 is 10.1 Å². The number of pyridine rings is 2. The number of carbonyl (C=O) groups is 1. The molecule has 5 nitrogen and oxygen atoms in total. The Labute approximate surface area is 270 Å².